The van der Waals surface area contributed by atoms with Crippen LogP contribution in [0, 0.1) is 0 Å². The molecule has 0 unspecified atom stereocenters. The second-order valence-corrected chi connectivity index (χ2v) is 8.93. The SMILES string of the molecule is CN(CCN(C)c1ccnc(CSc2nc3ccccc3[nH]2)c1Cl)Cc1ccccc1.Cl.Cl.Cl. The summed E-state index contributed by atoms with van der Waals surface area (Å²) in [5.74, 6) is 0.661. The van der Waals surface area contributed by atoms with Crippen molar-refractivity contribution in [1.29, 1.82) is 0 Å². The molecule has 0 aliphatic heterocycles. The van der Waals surface area contributed by atoms with Crippen molar-refractivity contribution in [2.24, 2.45) is 0 Å². The molecule has 0 aliphatic carbocycles. The number of aromatic amines is 1. The number of H-pyrrole nitrogens is 1. The van der Waals surface area contributed by atoms with E-state index in [1.165, 1.54) is 5.56 Å². The highest BCUT2D eigenvalue weighted by Gasteiger charge is 2.13. The number of halogens is 4. The molecule has 184 valence electrons. The summed E-state index contributed by atoms with van der Waals surface area (Å²) in [6.07, 6.45) is 1.83. The van der Waals surface area contributed by atoms with Crippen LogP contribution in [-0.4, -0.2) is 47.0 Å². The van der Waals surface area contributed by atoms with Gasteiger partial charge in [-0.15, -0.1) is 37.2 Å². The van der Waals surface area contributed by atoms with Crippen molar-refractivity contribution in [3.63, 3.8) is 0 Å². The molecule has 4 rings (SSSR count). The minimum absolute atomic E-state index is 0. The lowest BCUT2D eigenvalue weighted by atomic mass is 10.2. The van der Waals surface area contributed by atoms with E-state index in [0.717, 1.165) is 47.2 Å². The molecule has 0 saturated heterocycles. The van der Waals surface area contributed by atoms with Gasteiger partial charge in [0.25, 0.3) is 0 Å². The van der Waals surface area contributed by atoms with Crippen LogP contribution in [0.25, 0.3) is 11.0 Å². The number of imidazole rings is 1. The predicted molar refractivity (Wildman–Crippen MR) is 153 cm³/mol. The van der Waals surface area contributed by atoms with Crippen LogP contribution in [0.3, 0.4) is 0 Å². The van der Waals surface area contributed by atoms with Crippen LogP contribution in [0.4, 0.5) is 5.69 Å². The number of rotatable bonds is 9. The van der Waals surface area contributed by atoms with Crippen molar-refractivity contribution in [2.75, 3.05) is 32.1 Å². The van der Waals surface area contributed by atoms with Gasteiger partial charge in [-0.25, -0.2) is 4.98 Å². The third-order valence-corrected chi connectivity index (χ3v) is 6.47. The Kier molecular flexibility index (Phi) is 13.1. The van der Waals surface area contributed by atoms with E-state index in [1.807, 2.05) is 42.6 Å². The molecule has 0 atom stereocenters. The van der Waals surface area contributed by atoms with E-state index in [9.17, 15) is 0 Å². The Bertz CT molecular complexity index is 1110. The highest BCUT2D eigenvalue weighted by molar-refractivity contribution is 7.98. The molecule has 0 radical (unpaired) electrons. The van der Waals surface area contributed by atoms with Crippen molar-refractivity contribution in [3.8, 4) is 0 Å². The summed E-state index contributed by atoms with van der Waals surface area (Å²) in [5.41, 5.74) is 5.20. The highest BCUT2D eigenvalue weighted by atomic mass is 35.5. The Balaban J connectivity index is 0.00000193. The molecule has 2 aromatic carbocycles. The van der Waals surface area contributed by atoms with Crippen LogP contribution in [0.15, 0.2) is 72.0 Å². The minimum Gasteiger partial charge on any atom is -0.372 e. The third kappa shape index (κ3) is 7.94. The zero-order valence-corrected chi connectivity index (χ0v) is 23.0. The first-order chi connectivity index (χ1) is 15.1. The monoisotopic (exact) mass is 559 g/mol. The first-order valence-corrected chi connectivity index (χ1v) is 11.6. The Morgan fingerprint density at radius 1 is 0.912 bits per heavy atom. The Morgan fingerprint density at radius 3 is 2.35 bits per heavy atom. The van der Waals surface area contributed by atoms with Crippen molar-refractivity contribution in [1.82, 2.24) is 19.9 Å². The maximum Gasteiger partial charge on any atom is 0.166 e. The second-order valence-electron chi connectivity index (χ2n) is 7.58. The molecule has 0 amide bonds. The van der Waals surface area contributed by atoms with Gasteiger partial charge in [0.1, 0.15) is 0 Å². The molecule has 0 bridgehead atoms. The molecule has 0 aliphatic rings. The van der Waals surface area contributed by atoms with E-state index in [-0.39, 0.29) is 37.2 Å². The summed E-state index contributed by atoms with van der Waals surface area (Å²) >= 11 is 8.34. The quantitative estimate of drug-likeness (QED) is 0.230. The summed E-state index contributed by atoms with van der Waals surface area (Å²) < 4.78 is 0. The largest absolute Gasteiger partial charge is 0.372 e. The molecule has 5 nitrogen and oxygen atoms in total. The van der Waals surface area contributed by atoms with Crippen LogP contribution in [-0.2, 0) is 12.3 Å². The third-order valence-electron chi connectivity index (χ3n) is 5.18. The highest BCUT2D eigenvalue weighted by Crippen LogP contribution is 2.31. The number of hydrogen-bond donors (Lipinski definition) is 1. The van der Waals surface area contributed by atoms with E-state index in [4.69, 9.17) is 11.6 Å². The molecule has 10 heteroatoms. The van der Waals surface area contributed by atoms with Crippen molar-refractivity contribution in [2.45, 2.75) is 17.5 Å². The zero-order chi connectivity index (χ0) is 21.6. The molecule has 34 heavy (non-hydrogen) atoms. The van der Waals surface area contributed by atoms with Crippen LogP contribution < -0.4 is 4.90 Å². The van der Waals surface area contributed by atoms with Gasteiger partial charge in [-0.1, -0.05) is 65.8 Å². The molecule has 1 N–H and O–H groups in total. The van der Waals surface area contributed by atoms with E-state index in [1.54, 1.807) is 11.8 Å². The molecule has 2 aromatic heterocycles. The van der Waals surface area contributed by atoms with Crippen molar-refractivity contribution < 1.29 is 0 Å². The van der Waals surface area contributed by atoms with Crippen molar-refractivity contribution in [3.05, 3.63) is 83.1 Å². The number of nitrogens with one attached hydrogen (secondary N) is 1. The fourth-order valence-electron chi connectivity index (χ4n) is 3.42. The van der Waals surface area contributed by atoms with Gasteiger partial charge in [0.15, 0.2) is 5.16 Å². The smallest absolute Gasteiger partial charge is 0.166 e. The fourth-order valence-corrected chi connectivity index (χ4v) is 4.66. The summed E-state index contributed by atoms with van der Waals surface area (Å²) in [5, 5.41) is 1.58. The van der Waals surface area contributed by atoms with Gasteiger partial charge < -0.3 is 14.8 Å². The van der Waals surface area contributed by atoms with Crippen LogP contribution >= 0.6 is 60.6 Å². The predicted octanol–water partition coefficient (Wildman–Crippen LogP) is 6.74. The zero-order valence-electron chi connectivity index (χ0n) is 19.0. The van der Waals surface area contributed by atoms with Gasteiger partial charge >= 0.3 is 0 Å². The number of hydrogen-bond acceptors (Lipinski definition) is 5. The van der Waals surface area contributed by atoms with E-state index in [2.05, 4.69) is 63.1 Å². The maximum atomic E-state index is 6.73. The number of nitrogens with zero attached hydrogens (tertiary/aromatic N) is 4. The topological polar surface area (TPSA) is 48.1 Å². The van der Waals surface area contributed by atoms with E-state index in [0.29, 0.717) is 10.8 Å². The number of para-hydroxylation sites is 2. The average Bonchev–Trinajstić information content (AvgIpc) is 3.20. The number of benzene rings is 2. The average molecular weight is 561 g/mol. The van der Waals surface area contributed by atoms with Crippen LogP contribution in [0.1, 0.15) is 11.3 Å². The fraction of sp³-hybridized carbons (Fsp3) is 0.250. The number of pyridine rings is 1. The van der Waals surface area contributed by atoms with Gasteiger partial charge in [-0.3, -0.25) is 4.98 Å². The molecule has 4 aromatic rings. The lowest BCUT2D eigenvalue weighted by Gasteiger charge is -2.25. The summed E-state index contributed by atoms with van der Waals surface area (Å²) in [4.78, 5) is 17.0. The molecule has 2 heterocycles. The van der Waals surface area contributed by atoms with Gasteiger partial charge in [-0.2, -0.15) is 0 Å². The lowest BCUT2D eigenvalue weighted by molar-refractivity contribution is 0.334. The van der Waals surface area contributed by atoms with E-state index < -0.39 is 0 Å². The number of fused-ring (bicyclic) bond motifs is 1. The number of aromatic nitrogens is 3. The Labute approximate surface area is 228 Å². The number of anilines is 1. The molecular weight excluding hydrogens is 532 g/mol. The molecule has 0 saturated carbocycles. The summed E-state index contributed by atoms with van der Waals surface area (Å²) in [6.45, 7) is 2.74. The second kappa shape index (κ2) is 14.7. The van der Waals surface area contributed by atoms with Crippen molar-refractivity contribution >= 4 is 77.3 Å². The first kappa shape index (κ1) is 30.4. The summed E-state index contributed by atoms with van der Waals surface area (Å²) in [7, 11) is 4.22. The summed E-state index contributed by atoms with van der Waals surface area (Å²) in [6, 6.07) is 20.5. The Morgan fingerprint density at radius 2 is 1.62 bits per heavy atom. The number of thioether (sulfide) groups is 1. The van der Waals surface area contributed by atoms with Gasteiger partial charge in [0.2, 0.25) is 0 Å². The minimum atomic E-state index is 0. The molecular formula is C24H29Cl4N5S. The first-order valence-electron chi connectivity index (χ1n) is 10.2. The van der Waals surface area contributed by atoms with E-state index >= 15 is 0 Å². The van der Waals surface area contributed by atoms with Gasteiger partial charge in [-0.05, 0) is 30.8 Å². The normalized spacial score (nSPS) is 10.4. The van der Waals surface area contributed by atoms with Crippen LogP contribution in [0.2, 0.25) is 5.02 Å². The lowest BCUT2D eigenvalue weighted by Crippen LogP contribution is -2.30. The standard InChI is InChI=1S/C24H26ClN5S.3ClH/c1-29(16-18-8-4-3-5-9-18)14-15-30(2)22-12-13-26-21(23(22)25)17-31-24-27-19-10-6-7-11-20(19)28-24;;;/h3-13H,14-17H2,1-2H3,(H,27,28);3*1H. The number of likely N-dealkylation sites (N-methyl/N-ethyl adjacent to an activating group) is 2. The molecule has 0 fully saturated rings. The van der Waals surface area contributed by atoms with Gasteiger partial charge in [0.05, 0.1) is 27.4 Å². The van der Waals surface area contributed by atoms with Crippen LogP contribution in [0.5, 0.6) is 0 Å². The molecule has 0 spiro atoms. The Hall–Kier alpha value is -1.67. The van der Waals surface area contributed by atoms with Gasteiger partial charge in [0, 0.05) is 38.6 Å². The maximum absolute atomic E-state index is 6.73.